The Balaban J connectivity index is 2.83. The third kappa shape index (κ3) is 6.02. The zero-order valence-electron chi connectivity index (χ0n) is 3.65. The first-order chi connectivity index (χ1) is 3.41. The van der Waals surface area contributed by atoms with E-state index in [1.54, 1.807) is 0 Å². The fourth-order valence-corrected chi connectivity index (χ4v) is 0.544. The van der Waals surface area contributed by atoms with Gasteiger partial charge in [-0.1, -0.05) is 0 Å². The van der Waals surface area contributed by atoms with E-state index >= 15 is 0 Å². The molecule has 0 aromatic carbocycles. The summed E-state index contributed by atoms with van der Waals surface area (Å²) in [5, 5.41) is 6.30. The molecule has 7 heavy (non-hydrogen) atoms. The van der Waals surface area contributed by atoms with E-state index in [0.29, 0.717) is 5.88 Å². The fourth-order valence-electron chi connectivity index (χ4n) is 0.112. The largest absolute Gasteiger partial charge is 0.241 e. The number of hydrogen-bond acceptors (Lipinski definition) is 3. The summed E-state index contributed by atoms with van der Waals surface area (Å²) in [6.45, 7) is 0. The second kappa shape index (κ2) is 6.02. The van der Waals surface area contributed by atoms with Crippen LogP contribution in [0.1, 0.15) is 0 Å². The van der Waals surface area contributed by atoms with Gasteiger partial charge in [-0.3, -0.25) is 0 Å². The van der Waals surface area contributed by atoms with Crippen molar-refractivity contribution in [2.24, 2.45) is 4.40 Å². The van der Waals surface area contributed by atoms with Crippen LogP contribution >= 0.6 is 23.5 Å². The van der Waals surface area contributed by atoms with E-state index < -0.39 is 0 Å². The number of hydrogen-bond donors (Lipinski definition) is 1. The molecule has 40 valence electrons. The van der Waals surface area contributed by atoms with Crippen LogP contribution in [0, 0.1) is 5.41 Å². The Morgan fingerprint density at radius 2 is 2.57 bits per heavy atom. The van der Waals surface area contributed by atoms with E-state index in [2.05, 4.69) is 4.40 Å². The van der Waals surface area contributed by atoms with Crippen LogP contribution in [0.5, 0.6) is 0 Å². The molecular weight excluding hydrogens is 132 g/mol. The van der Waals surface area contributed by atoms with E-state index in [0.717, 1.165) is 5.75 Å². The van der Waals surface area contributed by atoms with Crippen LogP contribution in [0.25, 0.3) is 0 Å². The standard InChI is InChI=1S/C3H5ClN2S/c4-1-2-7-6-3-5/h5H,1-2H2. The van der Waals surface area contributed by atoms with Gasteiger partial charge in [0.15, 0.2) is 0 Å². The molecule has 0 spiro atoms. The van der Waals surface area contributed by atoms with Gasteiger partial charge >= 0.3 is 0 Å². The van der Waals surface area contributed by atoms with E-state index in [1.807, 2.05) is 6.01 Å². The molecule has 0 radical (unpaired) electrons. The first-order valence-corrected chi connectivity index (χ1v) is 3.19. The third-order valence-corrected chi connectivity index (χ3v) is 1.30. The summed E-state index contributed by atoms with van der Waals surface area (Å²) in [7, 11) is 0. The zero-order valence-corrected chi connectivity index (χ0v) is 5.22. The molecule has 0 fully saturated rings. The van der Waals surface area contributed by atoms with Gasteiger partial charge in [-0.05, 0) is 11.9 Å². The molecule has 0 aliphatic carbocycles. The van der Waals surface area contributed by atoms with Crippen LogP contribution in [0.3, 0.4) is 0 Å². The molecule has 0 aromatic rings. The summed E-state index contributed by atoms with van der Waals surface area (Å²) < 4.78 is 3.41. The van der Waals surface area contributed by atoms with Gasteiger partial charge in [-0.25, -0.2) is 5.41 Å². The Hall–Kier alpha value is 0.0200. The zero-order chi connectivity index (χ0) is 5.54. The van der Waals surface area contributed by atoms with Crippen molar-refractivity contribution in [1.82, 2.24) is 0 Å². The van der Waals surface area contributed by atoms with E-state index in [-0.39, 0.29) is 0 Å². The van der Waals surface area contributed by atoms with Gasteiger partial charge in [0.2, 0.25) is 0 Å². The van der Waals surface area contributed by atoms with Gasteiger partial charge in [0, 0.05) is 11.6 Å². The van der Waals surface area contributed by atoms with Crippen LogP contribution < -0.4 is 0 Å². The molecular formula is C3H5ClN2S. The van der Waals surface area contributed by atoms with Crippen molar-refractivity contribution >= 4 is 29.6 Å². The predicted molar refractivity (Wildman–Crippen MR) is 33.3 cm³/mol. The molecule has 0 unspecified atom stereocenters. The fraction of sp³-hybridized carbons (Fsp3) is 0.667. The highest BCUT2D eigenvalue weighted by atomic mass is 35.5. The van der Waals surface area contributed by atoms with Crippen LogP contribution in [0.15, 0.2) is 4.40 Å². The van der Waals surface area contributed by atoms with Crippen molar-refractivity contribution < 1.29 is 0 Å². The predicted octanol–water partition coefficient (Wildman–Crippen LogP) is 1.63. The molecule has 0 saturated carbocycles. The molecule has 0 atom stereocenters. The second-order valence-electron chi connectivity index (χ2n) is 0.725. The lowest BCUT2D eigenvalue weighted by molar-refractivity contribution is 1.52. The Morgan fingerprint density at radius 1 is 1.86 bits per heavy atom. The smallest absolute Gasteiger partial charge is 0.0987 e. The average Bonchev–Trinajstić information content (AvgIpc) is 1.69. The van der Waals surface area contributed by atoms with Gasteiger partial charge in [-0.15, -0.1) is 11.6 Å². The molecule has 0 saturated heterocycles. The van der Waals surface area contributed by atoms with Gasteiger partial charge in [-0.2, -0.15) is 4.40 Å². The Kier molecular flexibility index (Phi) is 6.04. The highest BCUT2D eigenvalue weighted by molar-refractivity contribution is 7.98. The normalized spacial score (nSPS) is 7.57. The van der Waals surface area contributed by atoms with Crippen molar-refractivity contribution in [2.75, 3.05) is 11.6 Å². The number of halogens is 1. The third-order valence-electron chi connectivity index (χ3n) is 0.279. The van der Waals surface area contributed by atoms with Crippen LogP contribution in [-0.4, -0.2) is 17.6 Å². The first kappa shape index (κ1) is 7.02. The summed E-state index contributed by atoms with van der Waals surface area (Å²) in [5.41, 5.74) is 0. The monoisotopic (exact) mass is 136 g/mol. The summed E-state index contributed by atoms with van der Waals surface area (Å²) in [4.78, 5) is 0. The second-order valence-corrected chi connectivity index (χ2v) is 1.95. The van der Waals surface area contributed by atoms with Crippen molar-refractivity contribution in [2.45, 2.75) is 0 Å². The highest BCUT2D eigenvalue weighted by Gasteiger charge is 1.76. The molecule has 0 aromatic heterocycles. The van der Waals surface area contributed by atoms with Gasteiger partial charge < -0.3 is 0 Å². The van der Waals surface area contributed by atoms with Crippen LogP contribution in [0.2, 0.25) is 0 Å². The van der Waals surface area contributed by atoms with Crippen LogP contribution in [-0.2, 0) is 0 Å². The average molecular weight is 137 g/mol. The maximum Gasteiger partial charge on any atom is 0.0987 e. The van der Waals surface area contributed by atoms with Gasteiger partial charge in [0.1, 0.15) is 0 Å². The lowest BCUT2D eigenvalue weighted by Gasteiger charge is -1.78. The van der Waals surface area contributed by atoms with E-state index in [4.69, 9.17) is 17.0 Å². The lowest BCUT2D eigenvalue weighted by atomic mass is 11.0. The van der Waals surface area contributed by atoms with Crippen molar-refractivity contribution in [3.63, 3.8) is 0 Å². The Morgan fingerprint density at radius 3 is 3.00 bits per heavy atom. The summed E-state index contributed by atoms with van der Waals surface area (Å²) in [6.07, 6.45) is 0. The quantitative estimate of drug-likeness (QED) is 0.272. The minimum Gasteiger partial charge on any atom is -0.241 e. The summed E-state index contributed by atoms with van der Waals surface area (Å²) in [5.74, 6) is 1.34. The molecule has 2 nitrogen and oxygen atoms in total. The SMILES string of the molecule is N=C=NSCCCl. The first-order valence-electron chi connectivity index (χ1n) is 1.71. The minimum absolute atomic E-state index is 0.579. The molecule has 1 N–H and O–H groups in total. The molecule has 0 aliphatic rings. The highest BCUT2D eigenvalue weighted by Crippen LogP contribution is 1.98. The molecule has 0 rings (SSSR count). The van der Waals surface area contributed by atoms with E-state index in [9.17, 15) is 0 Å². The van der Waals surface area contributed by atoms with Gasteiger partial charge in [0.25, 0.3) is 0 Å². The maximum atomic E-state index is 6.30. The maximum absolute atomic E-state index is 6.30. The number of rotatable bonds is 3. The summed E-state index contributed by atoms with van der Waals surface area (Å²) in [6, 6.07) is 1.88. The topological polar surface area (TPSA) is 36.2 Å². The number of alkyl halides is 1. The van der Waals surface area contributed by atoms with Crippen molar-refractivity contribution in [3.8, 4) is 0 Å². The Bertz CT molecular complexity index is 79.0. The minimum atomic E-state index is 0.579. The van der Waals surface area contributed by atoms with Crippen molar-refractivity contribution in [1.29, 1.82) is 5.41 Å². The molecule has 0 bridgehead atoms. The van der Waals surface area contributed by atoms with E-state index in [1.165, 1.54) is 11.9 Å². The molecule has 0 heterocycles. The number of nitrogens with one attached hydrogen (secondary N) is 1. The van der Waals surface area contributed by atoms with Gasteiger partial charge in [0.05, 0.1) is 6.01 Å². The summed E-state index contributed by atoms with van der Waals surface area (Å²) >= 11 is 6.52. The molecule has 0 amide bonds. The van der Waals surface area contributed by atoms with Crippen molar-refractivity contribution in [3.05, 3.63) is 0 Å². The number of nitrogens with zero attached hydrogens (tertiary/aromatic N) is 1. The molecule has 4 heteroatoms. The lowest BCUT2D eigenvalue weighted by Crippen LogP contribution is -1.71. The van der Waals surface area contributed by atoms with Crippen LogP contribution in [0.4, 0.5) is 0 Å². The Labute approximate surface area is 51.6 Å². The molecule has 0 aliphatic heterocycles.